The smallest absolute Gasteiger partial charge is 0.161 e. The van der Waals surface area contributed by atoms with Gasteiger partial charge in [-0.2, -0.15) is 0 Å². The Morgan fingerprint density at radius 3 is 2.33 bits per heavy atom. The summed E-state index contributed by atoms with van der Waals surface area (Å²) in [6, 6.07) is 17.2. The van der Waals surface area contributed by atoms with E-state index in [9.17, 15) is 5.11 Å². The van der Waals surface area contributed by atoms with Crippen molar-refractivity contribution < 1.29 is 14.6 Å². The van der Waals surface area contributed by atoms with E-state index >= 15 is 0 Å². The Labute approximate surface area is 123 Å². The minimum absolute atomic E-state index is 0.251. The molecule has 3 aromatic carbocycles. The fourth-order valence-corrected chi connectivity index (χ4v) is 2.56. The van der Waals surface area contributed by atoms with Gasteiger partial charge < -0.3 is 14.6 Å². The van der Waals surface area contributed by atoms with Crippen LogP contribution in [-0.4, -0.2) is 19.3 Å². The normalized spacial score (nSPS) is 10.6. The molecule has 0 spiro atoms. The molecule has 106 valence electrons. The Balaban J connectivity index is 2.27. The molecule has 0 atom stereocenters. The molecule has 0 saturated heterocycles. The molecule has 3 nitrogen and oxygen atoms in total. The maximum atomic E-state index is 10.3. The van der Waals surface area contributed by atoms with Gasteiger partial charge in [0.15, 0.2) is 11.5 Å². The zero-order valence-corrected chi connectivity index (χ0v) is 12.0. The summed E-state index contributed by atoms with van der Waals surface area (Å²) < 4.78 is 10.6. The molecule has 0 aliphatic rings. The lowest BCUT2D eigenvalue weighted by atomic mass is 9.97. The van der Waals surface area contributed by atoms with Crippen molar-refractivity contribution in [2.45, 2.75) is 0 Å². The van der Waals surface area contributed by atoms with Crippen LogP contribution in [0.25, 0.3) is 21.9 Å². The Morgan fingerprint density at radius 1 is 0.810 bits per heavy atom. The largest absolute Gasteiger partial charge is 0.507 e. The number of ether oxygens (including phenoxy) is 2. The maximum Gasteiger partial charge on any atom is 0.161 e. The number of aromatic hydroxyl groups is 1. The van der Waals surface area contributed by atoms with E-state index in [0.29, 0.717) is 11.5 Å². The Bertz CT molecular complexity index is 794. The fraction of sp³-hybridized carbons (Fsp3) is 0.111. The van der Waals surface area contributed by atoms with Crippen LogP contribution in [0.3, 0.4) is 0 Å². The first-order chi connectivity index (χ1) is 10.2. The van der Waals surface area contributed by atoms with E-state index in [0.717, 1.165) is 21.9 Å². The molecule has 3 heteroatoms. The van der Waals surface area contributed by atoms with Crippen molar-refractivity contribution >= 4 is 10.8 Å². The van der Waals surface area contributed by atoms with Crippen LogP contribution in [-0.2, 0) is 0 Å². The summed E-state index contributed by atoms with van der Waals surface area (Å²) in [6.45, 7) is 0. The zero-order chi connectivity index (χ0) is 14.8. The molecule has 0 aliphatic carbocycles. The van der Waals surface area contributed by atoms with Gasteiger partial charge in [-0.05, 0) is 34.5 Å². The van der Waals surface area contributed by atoms with Gasteiger partial charge in [0.05, 0.1) is 14.2 Å². The monoisotopic (exact) mass is 280 g/mol. The summed E-state index contributed by atoms with van der Waals surface area (Å²) in [5, 5.41) is 12.4. The molecule has 0 aromatic heterocycles. The van der Waals surface area contributed by atoms with Crippen LogP contribution in [0.1, 0.15) is 0 Å². The Hall–Kier alpha value is -2.68. The number of hydrogen-bond acceptors (Lipinski definition) is 3. The zero-order valence-electron chi connectivity index (χ0n) is 12.0. The molecular formula is C18H16O3. The number of rotatable bonds is 3. The van der Waals surface area contributed by atoms with Crippen LogP contribution in [0.5, 0.6) is 17.2 Å². The SMILES string of the molecule is COc1ccc(-c2c(O)ccc3ccccc23)cc1OC. The molecule has 0 aliphatic heterocycles. The molecular weight excluding hydrogens is 264 g/mol. The third-order valence-corrected chi connectivity index (χ3v) is 3.58. The predicted molar refractivity (Wildman–Crippen MR) is 84.2 cm³/mol. The van der Waals surface area contributed by atoms with Crippen LogP contribution in [0, 0.1) is 0 Å². The molecule has 0 bridgehead atoms. The molecule has 0 unspecified atom stereocenters. The average Bonchev–Trinajstić information content (AvgIpc) is 2.54. The second kappa shape index (κ2) is 5.37. The second-order valence-corrected chi connectivity index (χ2v) is 4.75. The van der Waals surface area contributed by atoms with Crippen LogP contribution < -0.4 is 9.47 Å². The van der Waals surface area contributed by atoms with Crippen molar-refractivity contribution in [1.29, 1.82) is 0 Å². The highest BCUT2D eigenvalue weighted by Crippen LogP contribution is 2.39. The highest BCUT2D eigenvalue weighted by molar-refractivity contribution is 5.99. The van der Waals surface area contributed by atoms with Crippen molar-refractivity contribution in [3.8, 4) is 28.4 Å². The van der Waals surface area contributed by atoms with E-state index in [-0.39, 0.29) is 5.75 Å². The fourth-order valence-electron chi connectivity index (χ4n) is 2.56. The van der Waals surface area contributed by atoms with Gasteiger partial charge in [0, 0.05) is 5.56 Å². The summed E-state index contributed by atoms with van der Waals surface area (Å²) in [6.07, 6.45) is 0. The predicted octanol–water partition coefficient (Wildman–Crippen LogP) is 4.23. The Kier molecular flexibility index (Phi) is 3.40. The standard InChI is InChI=1S/C18H16O3/c1-20-16-10-8-13(11-17(16)21-2)18-14-6-4-3-5-12(14)7-9-15(18)19/h3-11,19H,1-2H3. The second-order valence-electron chi connectivity index (χ2n) is 4.75. The van der Waals surface area contributed by atoms with Gasteiger partial charge in [0.25, 0.3) is 0 Å². The number of hydrogen-bond donors (Lipinski definition) is 1. The van der Waals surface area contributed by atoms with Crippen molar-refractivity contribution in [3.05, 3.63) is 54.6 Å². The highest BCUT2D eigenvalue weighted by Gasteiger charge is 2.12. The summed E-state index contributed by atoms with van der Waals surface area (Å²) in [7, 11) is 3.21. The lowest BCUT2D eigenvalue weighted by Gasteiger charge is -2.13. The number of benzene rings is 3. The number of phenolic OH excluding ortho intramolecular Hbond substituents is 1. The van der Waals surface area contributed by atoms with E-state index in [1.165, 1.54) is 0 Å². The van der Waals surface area contributed by atoms with Crippen LogP contribution in [0.15, 0.2) is 54.6 Å². The quantitative estimate of drug-likeness (QED) is 0.780. The van der Waals surface area contributed by atoms with E-state index in [1.807, 2.05) is 48.5 Å². The van der Waals surface area contributed by atoms with Crippen molar-refractivity contribution in [1.82, 2.24) is 0 Å². The van der Waals surface area contributed by atoms with E-state index in [1.54, 1.807) is 20.3 Å². The summed E-state index contributed by atoms with van der Waals surface area (Å²) in [5.41, 5.74) is 1.69. The van der Waals surface area contributed by atoms with Gasteiger partial charge >= 0.3 is 0 Å². The lowest BCUT2D eigenvalue weighted by Crippen LogP contribution is -1.91. The van der Waals surface area contributed by atoms with Gasteiger partial charge in [-0.25, -0.2) is 0 Å². The minimum Gasteiger partial charge on any atom is -0.507 e. The topological polar surface area (TPSA) is 38.7 Å². The highest BCUT2D eigenvalue weighted by atomic mass is 16.5. The first kappa shape index (κ1) is 13.3. The van der Waals surface area contributed by atoms with Gasteiger partial charge in [-0.15, -0.1) is 0 Å². The van der Waals surface area contributed by atoms with Crippen molar-refractivity contribution in [3.63, 3.8) is 0 Å². The molecule has 3 aromatic rings. The molecule has 0 heterocycles. The van der Waals surface area contributed by atoms with E-state index < -0.39 is 0 Å². The molecule has 0 amide bonds. The molecule has 0 fully saturated rings. The molecule has 0 radical (unpaired) electrons. The maximum absolute atomic E-state index is 10.3. The first-order valence-electron chi connectivity index (χ1n) is 6.67. The number of fused-ring (bicyclic) bond motifs is 1. The van der Waals surface area contributed by atoms with Crippen LogP contribution in [0.4, 0.5) is 0 Å². The molecule has 1 N–H and O–H groups in total. The third-order valence-electron chi connectivity index (χ3n) is 3.58. The van der Waals surface area contributed by atoms with Crippen molar-refractivity contribution in [2.24, 2.45) is 0 Å². The summed E-state index contributed by atoms with van der Waals surface area (Å²) >= 11 is 0. The number of phenols is 1. The molecule has 3 rings (SSSR count). The molecule has 0 saturated carbocycles. The molecule has 21 heavy (non-hydrogen) atoms. The van der Waals surface area contributed by atoms with Crippen LogP contribution >= 0.6 is 0 Å². The number of methoxy groups -OCH3 is 2. The Morgan fingerprint density at radius 2 is 1.57 bits per heavy atom. The van der Waals surface area contributed by atoms with E-state index in [4.69, 9.17) is 9.47 Å². The first-order valence-corrected chi connectivity index (χ1v) is 6.67. The summed E-state index contributed by atoms with van der Waals surface area (Å²) in [5.74, 6) is 1.56. The minimum atomic E-state index is 0.251. The van der Waals surface area contributed by atoms with Gasteiger partial charge in [-0.1, -0.05) is 36.4 Å². The van der Waals surface area contributed by atoms with E-state index in [2.05, 4.69) is 0 Å². The average molecular weight is 280 g/mol. The lowest BCUT2D eigenvalue weighted by molar-refractivity contribution is 0.355. The van der Waals surface area contributed by atoms with Crippen LogP contribution in [0.2, 0.25) is 0 Å². The van der Waals surface area contributed by atoms with Gasteiger partial charge in [-0.3, -0.25) is 0 Å². The summed E-state index contributed by atoms with van der Waals surface area (Å²) in [4.78, 5) is 0. The van der Waals surface area contributed by atoms with Crippen molar-refractivity contribution in [2.75, 3.05) is 14.2 Å². The van der Waals surface area contributed by atoms with Gasteiger partial charge in [0.2, 0.25) is 0 Å². The third kappa shape index (κ3) is 2.27. The van der Waals surface area contributed by atoms with Gasteiger partial charge in [0.1, 0.15) is 5.75 Å².